The summed E-state index contributed by atoms with van der Waals surface area (Å²) in [7, 11) is 0. The minimum atomic E-state index is -0.834. The first-order chi connectivity index (χ1) is 13.3. The summed E-state index contributed by atoms with van der Waals surface area (Å²) >= 11 is 0. The summed E-state index contributed by atoms with van der Waals surface area (Å²) in [5.74, 6) is -1.49. The zero-order valence-electron chi connectivity index (χ0n) is 17.7. The molecular weight excluding hydrogens is 358 g/mol. The highest BCUT2D eigenvalue weighted by atomic mass is 16.3. The van der Waals surface area contributed by atoms with Gasteiger partial charge in [-0.15, -0.1) is 0 Å². The highest BCUT2D eigenvalue weighted by Crippen LogP contribution is 2.20. The smallest absolute Gasteiger partial charge is 0.215 e. The van der Waals surface area contributed by atoms with Gasteiger partial charge in [-0.3, -0.25) is 14.9 Å². The predicted octanol–water partition coefficient (Wildman–Crippen LogP) is 2.32. The molecule has 0 aromatic rings. The van der Waals surface area contributed by atoms with Crippen LogP contribution in [0, 0.1) is 10.8 Å². The molecule has 0 fully saturated rings. The molecule has 0 aromatic carbocycles. The second-order valence-electron chi connectivity index (χ2n) is 7.75. The first-order valence-electron chi connectivity index (χ1n) is 10.7. The molecule has 8 heteroatoms. The summed E-state index contributed by atoms with van der Waals surface area (Å²) in [6, 6.07) is -1.32. The molecule has 0 aliphatic heterocycles. The van der Waals surface area contributed by atoms with E-state index in [4.69, 9.17) is 17.2 Å². The standard InChI is InChI=1S/C20H41N5O3/c1-3-4-5-6-7-8-9-11-16(14-15(2)25-28)18(26)19(27)17(21)12-10-13-24-20(22)23/h15-17,20,24H,3-14,21-23H2,1-2H3/t15?,16?,17-/m0/s1. The van der Waals surface area contributed by atoms with E-state index in [1.165, 1.54) is 25.7 Å². The lowest BCUT2D eigenvalue weighted by molar-refractivity contribution is -0.140. The molecule has 0 aromatic heterocycles. The van der Waals surface area contributed by atoms with Crippen molar-refractivity contribution in [2.45, 2.75) is 103 Å². The van der Waals surface area contributed by atoms with Crippen LogP contribution in [0.1, 0.15) is 84.5 Å². The van der Waals surface area contributed by atoms with E-state index in [1.807, 2.05) is 0 Å². The summed E-state index contributed by atoms with van der Waals surface area (Å²) in [5.41, 5.74) is 16.7. The minimum absolute atomic E-state index is 0.306. The van der Waals surface area contributed by atoms with Gasteiger partial charge in [0.05, 0.1) is 12.1 Å². The van der Waals surface area contributed by atoms with E-state index < -0.39 is 35.9 Å². The van der Waals surface area contributed by atoms with Crippen LogP contribution in [0.15, 0.2) is 5.18 Å². The second-order valence-corrected chi connectivity index (χ2v) is 7.75. The number of hydrogen-bond donors (Lipinski definition) is 4. The molecule has 0 bridgehead atoms. The first-order valence-corrected chi connectivity index (χ1v) is 10.7. The first kappa shape index (κ1) is 26.8. The van der Waals surface area contributed by atoms with Crippen molar-refractivity contribution in [3.63, 3.8) is 0 Å². The molecule has 0 heterocycles. The van der Waals surface area contributed by atoms with Crippen molar-refractivity contribution in [2.75, 3.05) is 6.54 Å². The minimum Gasteiger partial charge on any atom is -0.321 e. The van der Waals surface area contributed by atoms with Crippen molar-refractivity contribution >= 4 is 11.6 Å². The Bertz CT molecular complexity index is 446. The SMILES string of the molecule is CCCCCCCCCC(CC(C)N=O)C(=O)C(=O)[C@@H](N)CCCNC(N)N. The number of nitrogens with one attached hydrogen (secondary N) is 1. The summed E-state index contributed by atoms with van der Waals surface area (Å²) < 4.78 is 0. The van der Waals surface area contributed by atoms with E-state index in [9.17, 15) is 14.5 Å². The van der Waals surface area contributed by atoms with Crippen LogP contribution < -0.4 is 22.5 Å². The lowest BCUT2D eigenvalue weighted by Gasteiger charge is -2.18. The van der Waals surface area contributed by atoms with Gasteiger partial charge in [0, 0.05) is 5.92 Å². The molecule has 28 heavy (non-hydrogen) atoms. The number of rotatable bonds is 19. The predicted molar refractivity (Wildman–Crippen MR) is 113 cm³/mol. The lowest BCUT2D eigenvalue weighted by atomic mass is 9.86. The monoisotopic (exact) mass is 399 g/mol. The lowest BCUT2D eigenvalue weighted by Crippen LogP contribution is -2.46. The largest absolute Gasteiger partial charge is 0.321 e. The summed E-state index contributed by atoms with van der Waals surface area (Å²) in [6.45, 7) is 4.38. The molecule has 0 rings (SSSR count). The van der Waals surface area contributed by atoms with Gasteiger partial charge in [-0.2, -0.15) is 4.91 Å². The summed E-state index contributed by atoms with van der Waals surface area (Å²) in [5, 5.41) is 5.83. The molecule has 0 aliphatic rings. The van der Waals surface area contributed by atoms with E-state index in [2.05, 4.69) is 17.4 Å². The van der Waals surface area contributed by atoms with E-state index in [0.717, 1.165) is 19.3 Å². The number of ketones is 2. The maximum Gasteiger partial charge on any atom is 0.215 e. The number of Topliss-reactive ketones (excluding diaryl/α,β-unsaturated/α-hetero) is 2. The Balaban J connectivity index is 4.48. The van der Waals surface area contributed by atoms with Crippen molar-refractivity contribution in [1.82, 2.24) is 5.32 Å². The second kappa shape index (κ2) is 16.7. The average molecular weight is 400 g/mol. The molecule has 0 saturated carbocycles. The number of nitroso groups, excluding NO2 is 1. The number of carbonyl (C=O) groups excluding carboxylic acids is 2. The van der Waals surface area contributed by atoms with Crippen molar-refractivity contribution < 1.29 is 9.59 Å². The van der Waals surface area contributed by atoms with Crippen LogP contribution in [0.2, 0.25) is 0 Å². The Kier molecular flexibility index (Phi) is 16.0. The van der Waals surface area contributed by atoms with Gasteiger partial charge in [-0.25, -0.2) is 0 Å². The highest BCUT2D eigenvalue weighted by Gasteiger charge is 2.30. The van der Waals surface area contributed by atoms with Crippen LogP contribution in [-0.4, -0.2) is 36.5 Å². The number of nitrogens with two attached hydrogens (primary N) is 3. The molecule has 3 atom stereocenters. The average Bonchev–Trinajstić information content (AvgIpc) is 2.67. The molecule has 0 saturated heterocycles. The van der Waals surface area contributed by atoms with Gasteiger partial charge in [0.2, 0.25) is 11.6 Å². The van der Waals surface area contributed by atoms with E-state index in [0.29, 0.717) is 32.2 Å². The molecular formula is C20H41N5O3. The Labute approximate surface area is 169 Å². The van der Waals surface area contributed by atoms with Gasteiger partial charge in [0.1, 0.15) is 6.29 Å². The van der Waals surface area contributed by atoms with Crippen molar-refractivity contribution in [2.24, 2.45) is 28.3 Å². The summed E-state index contributed by atoms with van der Waals surface area (Å²) in [6.07, 6.45) is 9.21. The van der Waals surface area contributed by atoms with Gasteiger partial charge in [-0.1, -0.05) is 57.0 Å². The number of unbranched alkanes of at least 4 members (excludes halogenated alkanes) is 6. The maximum atomic E-state index is 12.7. The topological polar surface area (TPSA) is 154 Å². The van der Waals surface area contributed by atoms with Crippen LogP contribution in [0.4, 0.5) is 0 Å². The number of hydrogen-bond acceptors (Lipinski definition) is 8. The van der Waals surface area contributed by atoms with E-state index >= 15 is 0 Å². The van der Waals surface area contributed by atoms with Crippen LogP contribution in [0.25, 0.3) is 0 Å². The number of nitrogens with zero attached hydrogens (tertiary/aromatic N) is 1. The van der Waals surface area contributed by atoms with Crippen LogP contribution in [0.3, 0.4) is 0 Å². The van der Waals surface area contributed by atoms with Crippen LogP contribution in [-0.2, 0) is 9.59 Å². The van der Waals surface area contributed by atoms with Crippen molar-refractivity contribution in [3.8, 4) is 0 Å². The zero-order chi connectivity index (χ0) is 21.4. The van der Waals surface area contributed by atoms with Crippen LogP contribution in [0.5, 0.6) is 0 Å². The third kappa shape index (κ3) is 13.0. The van der Waals surface area contributed by atoms with Gasteiger partial charge in [0.25, 0.3) is 0 Å². The fraction of sp³-hybridized carbons (Fsp3) is 0.900. The Morgan fingerprint density at radius 3 is 2.07 bits per heavy atom. The third-order valence-corrected chi connectivity index (χ3v) is 4.98. The van der Waals surface area contributed by atoms with Crippen LogP contribution >= 0.6 is 0 Å². The third-order valence-electron chi connectivity index (χ3n) is 4.98. The quantitative estimate of drug-likeness (QED) is 0.112. The zero-order valence-corrected chi connectivity index (χ0v) is 17.7. The normalized spacial score (nSPS) is 14.6. The van der Waals surface area contributed by atoms with Gasteiger partial charge in [0.15, 0.2) is 0 Å². The maximum absolute atomic E-state index is 12.7. The molecule has 0 radical (unpaired) electrons. The highest BCUT2D eigenvalue weighted by molar-refractivity contribution is 6.39. The van der Waals surface area contributed by atoms with E-state index in [1.54, 1.807) is 6.92 Å². The summed E-state index contributed by atoms with van der Waals surface area (Å²) in [4.78, 5) is 35.9. The van der Waals surface area contributed by atoms with E-state index in [-0.39, 0.29) is 0 Å². The Morgan fingerprint density at radius 2 is 1.50 bits per heavy atom. The molecule has 0 aliphatic carbocycles. The number of carbonyl (C=O) groups is 2. The Morgan fingerprint density at radius 1 is 0.893 bits per heavy atom. The Hall–Kier alpha value is -1.22. The van der Waals surface area contributed by atoms with Gasteiger partial charge >= 0.3 is 0 Å². The fourth-order valence-electron chi connectivity index (χ4n) is 3.26. The van der Waals surface area contributed by atoms with Gasteiger partial charge < -0.3 is 17.2 Å². The molecule has 0 amide bonds. The molecule has 7 N–H and O–H groups in total. The van der Waals surface area contributed by atoms with Crippen molar-refractivity contribution in [3.05, 3.63) is 4.91 Å². The fourth-order valence-corrected chi connectivity index (χ4v) is 3.26. The van der Waals surface area contributed by atoms with Gasteiger partial charge in [-0.05, 0) is 39.2 Å². The molecule has 2 unspecified atom stereocenters. The van der Waals surface area contributed by atoms with Crippen molar-refractivity contribution in [1.29, 1.82) is 0 Å². The molecule has 164 valence electrons. The molecule has 0 spiro atoms. The molecule has 8 nitrogen and oxygen atoms in total.